The Bertz CT molecular complexity index is 700. The van der Waals surface area contributed by atoms with Crippen LogP contribution in [0.2, 0.25) is 8.67 Å². The summed E-state index contributed by atoms with van der Waals surface area (Å²) in [6.07, 6.45) is 1.65. The van der Waals surface area contributed by atoms with Gasteiger partial charge in [-0.2, -0.15) is 5.10 Å². The Morgan fingerprint density at radius 2 is 2.11 bits per heavy atom. The van der Waals surface area contributed by atoms with E-state index in [4.69, 9.17) is 28.9 Å². The van der Waals surface area contributed by atoms with Crippen LogP contribution in [0.25, 0.3) is 21.8 Å². The number of rotatable bonds is 2. The third-order valence-electron chi connectivity index (χ3n) is 2.34. The lowest BCUT2D eigenvalue weighted by atomic mass is 10.3. The molecule has 0 fully saturated rings. The normalized spacial score (nSPS) is 11.0. The number of nitrogens with zero attached hydrogens (tertiary/aromatic N) is 2. The van der Waals surface area contributed by atoms with Crippen molar-refractivity contribution in [1.29, 1.82) is 0 Å². The lowest BCUT2D eigenvalue weighted by Gasteiger charge is -1.93. The molecule has 0 amide bonds. The Morgan fingerprint density at radius 3 is 2.72 bits per heavy atom. The van der Waals surface area contributed by atoms with Gasteiger partial charge in [0.1, 0.15) is 15.2 Å². The van der Waals surface area contributed by atoms with E-state index in [1.165, 1.54) is 22.7 Å². The van der Waals surface area contributed by atoms with Crippen molar-refractivity contribution in [3.8, 4) is 21.8 Å². The van der Waals surface area contributed by atoms with Gasteiger partial charge in [-0.05, 0) is 6.07 Å². The topological polar surface area (TPSA) is 67.6 Å². The van der Waals surface area contributed by atoms with Crippen molar-refractivity contribution in [3.63, 3.8) is 0 Å². The molecule has 0 aliphatic rings. The molecular formula is C10H6Cl2N4S2. The van der Waals surface area contributed by atoms with Gasteiger partial charge in [-0.15, -0.1) is 22.7 Å². The van der Waals surface area contributed by atoms with Crippen molar-refractivity contribution in [1.82, 2.24) is 15.2 Å². The Labute approximate surface area is 120 Å². The average Bonchev–Trinajstić information content (AvgIpc) is 2.98. The smallest absolute Gasteiger partial charge is 0.129 e. The van der Waals surface area contributed by atoms with Crippen molar-refractivity contribution in [2.75, 3.05) is 5.73 Å². The van der Waals surface area contributed by atoms with Crippen LogP contribution in [0.15, 0.2) is 17.6 Å². The van der Waals surface area contributed by atoms with E-state index in [1.54, 1.807) is 6.20 Å². The van der Waals surface area contributed by atoms with E-state index in [2.05, 4.69) is 15.2 Å². The van der Waals surface area contributed by atoms with E-state index in [9.17, 15) is 0 Å². The number of hydrogen-bond donors (Lipinski definition) is 2. The zero-order valence-corrected chi connectivity index (χ0v) is 11.9. The van der Waals surface area contributed by atoms with Crippen LogP contribution < -0.4 is 5.73 Å². The molecule has 3 N–H and O–H groups in total. The van der Waals surface area contributed by atoms with Gasteiger partial charge in [0, 0.05) is 10.9 Å². The first-order valence-corrected chi connectivity index (χ1v) is 7.30. The third-order valence-corrected chi connectivity index (χ3v) is 4.70. The number of aromatic amines is 1. The molecule has 0 spiro atoms. The number of nitrogen functional groups attached to an aromatic ring is 1. The fourth-order valence-corrected chi connectivity index (χ4v) is 3.83. The van der Waals surface area contributed by atoms with E-state index in [-0.39, 0.29) is 0 Å². The van der Waals surface area contributed by atoms with Gasteiger partial charge >= 0.3 is 0 Å². The van der Waals surface area contributed by atoms with Crippen molar-refractivity contribution < 1.29 is 0 Å². The number of aromatic nitrogens is 3. The van der Waals surface area contributed by atoms with E-state index in [1.807, 2.05) is 11.4 Å². The third kappa shape index (κ3) is 2.01. The minimum atomic E-state index is 0.505. The molecule has 3 aromatic heterocycles. The molecule has 0 radical (unpaired) electrons. The van der Waals surface area contributed by atoms with Crippen molar-refractivity contribution in [2.24, 2.45) is 0 Å². The van der Waals surface area contributed by atoms with Crippen LogP contribution in [0.5, 0.6) is 0 Å². The Kier molecular flexibility index (Phi) is 3.03. The van der Waals surface area contributed by atoms with Crippen LogP contribution in [0.3, 0.4) is 0 Å². The molecule has 8 heteroatoms. The van der Waals surface area contributed by atoms with Gasteiger partial charge in [0.05, 0.1) is 21.8 Å². The van der Waals surface area contributed by atoms with Crippen molar-refractivity contribution in [2.45, 2.75) is 0 Å². The fraction of sp³-hybridized carbons (Fsp3) is 0. The van der Waals surface area contributed by atoms with Gasteiger partial charge < -0.3 is 5.73 Å². The summed E-state index contributed by atoms with van der Waals surface area (Å²) >= 11 is 14.8. The minimum Gasteiger partial charge on any atom is -0.383 e. The predicted octanol–water partition coefficient (Wildman–Crippen LogP) is 4.15. The maximum atomic E-state index is 6.10. The number of hydrogen-bond acceptors (Lipinski definition) is 5. The van der Waals surface area contributed by atoms with E-state index >= 15 is 0 Å². The summed E-state index contributed by atoms with van der Waals surface area (Å²) in [7, 11) is 0. The molecule has 0 unspecified atom stereocenters. The molecule has 92 valence electrons. The molecule has 3 heterocycles. The SMILES string of the molecule is Nc1[nH]ncc1-c1nc(-c2cc(Cl)sc2Cl)cs1. The number of thiophene rings is 1. The van der Waals surface area contributed by atoms with E-state index < -0.39 is 0 Å². The summed E-state index contributed by atoms with van der Waals surface area (Å²) in [5.41, 5.74) is 8.19. The molecular weight excluding hydrogens is 311 g/mol. The summed E-state index contributed by atoms with van der Waals surface area (Å²) in [5, 5.41) is 9.28. The lowest BCUT2D eigenvalue weighted by molar-refractivity contribution is 1.10. The van der Waals surface area contributed by atoms with Gasteiger partial charge in [-0.25, -0.2) is 4.98 Å². The van der Waals surface area contributed by atoms with E-state index in [0.717, 1.165) is 21.8 Å². The zero-order valence-electron chi connectivity index (χ0n) is 8.78. The number of anilines is 1. The number of nitrogens with one attached hydrogen (secondary N) is 1. The van der Waals surface area contributed by atoms with Crippen LogP contribution >= 0.6 is 45.9 Å². The second kappa shape index (κ2) is 4.55. The summed E-state index contributed by atoms with van der Waals surface area (Å²) < 4.78 is 1.28. The highest BCUT2D eigenvalue weighted by molar-refractivity contribution is 7.20. The first kappa shape index (κ1) is 12.0. The van der Waals surface area contributed by atoms with E-state index in [0.29, 0.717) is 14.5 Å². The second-order valence-electron chi connectivity index (χ2n) is 3.47. The van der Waals surface area contributed by atoms with Gasteiger partial charge in [0.15, 0.2) is 0 Å². The summed E-state index contributed by atoms with van der Waals surface area (Å²) in [4.78, 5) is 4.50. The molecule has 18 heavy (non-hydrogen) atoms. The largest absolute Gasteiger partial charge is 0.383 e. The van der Waals surface area contributed by atoms with Crippen LogP contribution in [0, 0.1) is 0 Å². The number of thiazole rings is 1. The van der Waals surface area contributed by atoms with Crippen LogP contribution in [0.4, 0.5) is 5.82 Å². The first-order chi connectivity index (χ1) is 8.65. The molecule has 0 aliphatic heterocycles. The molecule has 3 aromatic rings. The molecule has 0 aliphatic carbocycles. The maximum Gasteiger partial charge on any atom is 0.129 e. The second-order valence-corrected chi connectivity index (χ2v) is 6.62. The fourth-order valence-electron chi connectivity index (χ4n) is 1.50. The Morgan fingerprint density at radius 1 is 1.28 bits per heavy atom. The molecule has 0 atom stereocenters. The number of halogens is 2. The van der Waals surface area contributed by atoms with Gasteiger partial charge in [-0.1, -0.05) is 23.2 Å². The zero-order chi connectivity index (χ0) is 12.7. The van der Waals surface area contributed by atoms with Crippen molar-refractivity contribution in [3.05, 3.63) is 26.3 Å². The number of nitrogens with two attached hydrogens (primary N) is 1. The minimum absolute atomic E-state index is 0.505. The van der Waals surface area contributed by atoms with Gasteiger partial charge in [-0.3, -0.25) is 5.10 Å². The average molecular weight is 317 g/mol. The summed E-state index contributed by atoms with van der Waals surface area (Å²) in [6, 6.07) is 1.81. The number of H-pyrrole nitrogens is 1. The highest BCUT2D eigenvalue weighted by Gasteiger charge is 2.14. The quantitative estimate of drug-likeness (QED) is 0.746. The highest BCUT2D eigenvalue weighted by Crippen LogP contribution is 2.39. The van der Waals surface area contributed by atoms with Gasteiger partial charge in [0.25, 0.3) is 0 Å². The monoisotopic (exact) mass is 316 g/mol. The molecule has 3 rings (SSSR count). The molecule has 0 bridgehead atoms. The van der Waals surface area contributed by atoms with Crippen LogP contribution in [0.1, 0.15) is 0 Å². The molecule has 0 saturated carbocycles. The van der Waals surface area contributed by atoms with Crippen molar-refractivity contribution >= 4 is 51.7 Å². The lowest BCUT2D eigenvalue weighted by Crippen LogP contribution is -1.87. The molecule has 0 aromatic carbocycles. The Hall–Kier alpha value is -1.08. The Balaban J connectivity index is 2.05. The summed E-state index contributed by atoms with van der Waals surface area (Å²) in [5.74, 6) is 0.505. The van der Waals surface area contributed by atoms with Crippen LogP contribution in [-0.2, 0) is 0 Å². The summed E-state index contributed by atoms with van der Waals surface area (Å²) in [6.45, 7) is 0. The molecule has 0 saturated heterocycles. The molecule has 4 nitrogen and oxygen atoms in total. The van der Waals surface area contributed by atoms with Crippen LogP contribution in [-0.4, -0.2) is 15.2 Å². The highest BCUT2D eigenvalue weighted by atomic mass is 35.5. The predicted molar refractivity (Wildman–Crippen MR) is 77.4 cm³/mol. The standard InChI is InChI=1S/C10H6Cl2N4S2/c11-7-1-4(8(12)18-7)6-3-17-10(15-6)5-2-14-16-9(5)13/h1-3H,(H3,13,14,16). The van der Waals surface area contributed by atoms with Gasteiger partial charge in [0.2, 0.25) is 0 Å². The maximum absolute atomic E-state index is 6.10. The first-order valence-electron chi connectivity index (χ1n) is 4.85.